The van der Waals surface area contributed by atoms with Gasteiger partial charge in [0, 0.05) is 25.9 Å². The van der Waals surface area contributed by atoms with Crippen LogP contribution in [-0.2, 0) is 19.7 Å². The molecule has 0 heterocycles. The van der Waals surface area contributed by atoms with Crippen molar-refractivity contribution < 1.29 is 13.3 Å². The van der Waals surface area contributed by atoms with Gasteiger partial charge in [-0.25, -0.2) is 0 Å². The van der Waals surface area contributed by atoms with E-state index < -0.39 is 8.80 Å². The highest BCUT2D eigenvalue weighted by molar-refractivity contribution is 6.60. The molecule has 0 fully saturated rings. The van der Waals surface area contributed by atoms with Gasteiger partial charge in [-0.3, -0.25) is 0 Å². The van der Waals surface area contributed by atoms with Gasteiger partial charge in [-0.15, -0.1) is 11.6 Å². The molecule has 1 atom stereocenters. The maximum atomic E-state index is 6.44. The number of halogens is 1. The summed E-state index contributed by atoms with van der Waals surface area (Å²) in [6.45, 7) is 10.8. The van der Waals surface area contributed by atoms with Crippen molar-refractivity contribution in [2.24, 2.45) is 0 Å². The molecule has 0 radical (unpaired) electrons. The highest BCUT2D eigenvalue weighted by Gasteiger charge is 2.40. The average molecular weight is 429 g/mol. The Hall–Kier alpha value is -0.393. The summed E-state index contributed by atoms with van der Waals surface area (Å²) >= 11 is 6.44. The molecule has 0 aliphatic rings. The fourth-order valence-electron chi connectivity index (χ4n) is 2.93. The Morgan fingerprint density at radius 3 is 1.86 bits per heavy atom. The van der Waals surface area contributed by atoms with Gasteiger partial charge >= 0.3 is 8.80 Å². The van der Waals surface area contributed by atoms with Crippen molar-refractivity contribution in [3.8, 4) is 0 Å². The Labute approximate surface area is 179 Å². The fraction of sp³-hybridized carbons (Fsp3) is 0.739. The molecule has 1 rings (SSSR count). The molecule has 1 aromatic carbocycles. The summed E-state index contributed by atoms with van der Waals surface area (Å²) in [6, 6.07) is 9.44. The van der Waals surface area contributed by atoms with E-state index in [4.69, 9.17) is 24.9 Å². The quantitative estimate of drug-likeness (QED) is 0.148. The van der Waals surface area contributed by atoms with Crippen LogP contribution in [0.5, 0.6) is 0 Å². The van der Waals surface area contributed by atoms with Crippen molar-refractivity contribution >= 4 is 20.4 Å². The zero-order valence-corrected chi connectivity index (χ0v) is 20.2. The van der Waals surface area contributed by atoms with Crippen molar-refractivity contribution in [1.82, 2.24) is 0 Å². The fourth-order valence-corrected chi connectivity index (χ4v) is 5.71. The Morgan fingerprint density at radius 1 is 0.857 bits per heavy atom. The van der Waals surface area contributed by atoms with E-state index in [1.54, 1.807) is 0 Å². The third-order valence-electron chi connectivity index (χ3n) is 4.85. The van der Waals surface area contributed by atoms with Crippen molar-refractivity contribution in [2.45, 2.75) is 90.5 Å². The first-order valence-electron chi connectivity index (χ1n) is 11.3. The number of alkyl halides is 1. The van der Waals surface area contributed by atoms with Gasteiger partial charge in [0.2, 0.25) is 0 Å². The highest BCUT2D eigenvalue weighted by atomic mass is 35.5. The summed E-state index contributed by atoms with van der Waals surface area (Å²) in [5, 5.41) is 0.0735. The number of unbranched alkanes of at least 4 members (excludes halogenated alkanes) is 3. The molecule has 1 unspecified atom stereocenters. The number of hydrogen-bond donors (Lipinski definition) is 0. The van der Waals surface area contributed by atoms with Crippen LogP contribution in [0.25, 0.3) is 0 Å². The van der Waals surface area contributed by atoms with Gasteiger partial charge in [-0.2, -0.15) is 0 Å². The normalized spacial score (nSPS) is 13.0. The van der Waals surface area contributed by atoms with Crippen molar-refractivity contribution in [1.29, 1.82) is 0 Å². The largest absolute Gasteiger partial charge is 0.501 e. The van der Waals surface area contributed by atoms with Crippen LogP contribution in [0, 0.1) is 0 Å². The smallest absolute Gasteiger partial charge is 0.373 e. The second kappa shape index (κ2) is 15.4. The first-order chi connectivity index (χ1) is 13.6. The van der Waals surface area contributed by atoms with Gasteiger partial charge < -0.3 is 13.3 Å². The molecule has 0 aliphatic carbocycles. The monoisotopic (exact) mass is 428 g/mol. The van der Waals surface area contributed by atoms with E-state index in [0.717, 1.165) is 77.2 Å². The average Bonchev–Trinajstić information content (AvgIpc) is 2.72. The van der Waals surface area contributed by atoms with Crippen molar-refractivity contribution in [2.75, 3.05) is 19.8 Å². The molecule has 0 N–H and O–H groups in total. The molecule has 3 nitrogen and oxygen atoms in total. The molecule has 0 spiro atoms. The van der Waals surface area contributed by atoms with Crippen LogP contribution in [0.15, 0.2) is 24.3 Å². The Kier molecular flexibility index (Phi) is 14.1. The van der Waals surface area contributed by atoms with Gasteiger partial charge in [-0.05, 0) is 43.2 Å². The van der Waals surface area contributed by atoms with E-state index in [1.807, 2.05) is 0 Å². The van der Waals surface area contributed by atoms with E-state index in [0.29, 0.717) is 0 Å². The highest BCUT2D eigenvalue weighted by Crippen LogP contribution is 2.26. The molecule has 0 bridgehead atoms. The van der Waals surface area contributed by atoms with Crippen LogP contribution >= 0.6 is 11.6 Å². The lowest BCUT2D eigenvalue weighted by molar-refractivity contribution is 0.0564. The second-order valence-electron chi connectivity index (χ2n) is 7.41. The lowest BCUT2D eigenvalue weighted by atomic mass is 10.1. The minimum absolute atomic E-state index is 0.0735. The molecule has 0 amide bonds. The SMILES string of the molecule is CCCCO[Si](CCc1cccc(C(Cl)CC)c1)(OCCCC)OCCCC. The number of aryl methyl sites for hydroxylation is 1. The number of hydrogen-bond acceptors (Lipinski definition) is 3. The van der Waals surface area contributed by atoms with Crippen LogP contribution in [-0.4, -0.2) is 28.6 Å². The standard InChI is InChI=1S/C23H41ClO3Si/c1-5-9-16-25-28(26-17-10-6-2,27-18-11-7-3)19-15-21-13-12-14-22(20-21)23(24)8-4/h12-14,20,23H,5-11,15-19H2,1-4H3. The molecular formula is C23H41ClO3Si. The summed E-state index contributed by atoms with van der Waals surface area (Å²) in [5.41, 5.74) is 2.48. The summed E-state index contributed by atoms with van der Waals surface area (Å²) in [6.07, 6.45) is 8.32. The first kappa shape index (κ1) is 25.6. The molecule has 5 heteroatoms. The van der Waals surface area contributed by atoms with Gasteiger partial charge in [0.05, 0.1) is 5.38 Å². The van der Waals surface area contributed by atoms with E-state index in [1.165, 1.54) is 11.1 Å². The second-order valence-corrected chi connectivity index (χ2v) is 10.7. The molecule has 0 saturated heterocycles. The number of benzene rings is 1. The van der Waals surface area contributed by atoms with E-state index >= 15 is 0 Å². The predicted molar refractivity (Wildman–Crippen MR) is 122 cm³/mol. The Morgan fingerprint density at radius 2 is 1.39 bits per heavy atom. The zero-order valence-electron chi connectivity index (χ0n) is 18.5. The van der Waals surface area contributed by atoms with E-state index in [-0.39, 0.29) is 5.38 Å². The van der Waals surface area contributed by atoms with Crippen LogP contribution < -0.4 is 0 Å². The third-order valence-corrected chi connectivity index (χ3v) is 8.21. The molecular weight excluding hydrogens is 388 g/mol. The minimum atomic E-state index is -2.68. The molecule has 0 saturated carbocycles. The van der Waals surface area contributed by atoms with Gasteiger partial charge in [0.25, 0.3) is 0 Å². The summed E-state index contributed by atoms with van der Waals surface area (Å²) in [5.74, 6) is 0. The van der Waals surface area contributed by atoms with E-state index in [2.05, 4.69) is 52.0 Å². The topological polar surface area (TPSA) is 27.7 Å². The molecule has 28 heavy (non-hydrogen) atoms. The molecule has 162 valence electrons. The van der Waals surface area contributed by atoms with Crippen molar-refractivity contribution in [3.63, 3.8) is 0 Å². The van der Waals surface area contributed by atoms with Gasteiger partial charge in [0.1, 0.15) is 0 Å². The summed E-state index contributed by atoms with van der Waals surface area (Å²) in [7, 11) is -2.68. The van der Waals surface area contributed by atoms with Gasteiger partial charge in [0.15, 0.2) is 0 Å². The Balaban J connectivity index is 2.87. The van der Waals surface area contributed by atoms with Crippen molar-refractivity contribution in [3.05, 3.63) is 35.4 Å². The summed E-state index contributed by atoms with van der Waals surface area (Å²) < 4.78 is 19.1. The maximum absolute atomic E-state index is 6.44. The number of rotatable bonds is 17. The predicted octanol–water partition coefficient (Wildman–Crippen LogP) is 7.31. The third kappa shape index (κ3) is 9.88. The minimum Gasteiger partial charge on any atom is -0.373 e. The lowest BCUT2D eigenvalue weighted by Gasteiger charge is -2.30. The van der Waals surface area contributed by atoms with E-state index in [9.17, 15) is 0 Å². The first-order valence-corrected chi connectivity index (χ1v) is 13.6. The van der Waals surface area contributed by atoms with Gasteiger partial charge in [-0.1, -0.05) is 71.2 Å². The van der Waals surface area contributed by atoms with Crippen LogP contribution in [0.3, 0.4) is 0 Å². The maximum Gasteiger partial charge on any atom is 0.501 e. The lowest BCUT2D eigenvalue weighted by Crippen LogP contribution is -2.47. The zero-order chi connectivity index (χ0) is 20.7. The molecule has 1 aromatic rings. The van der Waals surface area contributed by atoms with Crippen LogP contribution in [0.2, 0.25) is 6.04 Å². The van der Waals surface area contributed by atoms with Crippen LogP contribution in [0.4, 0.5) is 0 Å². The van der Waals surface area contributed by atoms with Crippen LogP contribution in [0.1, 0.15) is 89.1 Å². The Bertz CT molecular complexity index is 486. The molecule has 0 aromatic heterocycles. The summed E-state index contributed by atoms with van der Waals surface area (Å²) in [4.78, 5) is 0. The molecule has 0 aliphatic heterocycles.